The molecule has 1 fully saturated rings. The molecule has 0 saturated carbocycles. The first-order chi connectivity index (χ1) is 9.06. The van der Waals surface area contributed by atoms with Crippen LogP contribution in [0.15, 0.2) is 23.0 Å². The highest BCUT2D eigenvalue weighted by atomic mass is 32.1. The lowest BCUT2D eigenvalue weighted by Gasteiger charge is -2.37. The van der Waals surface area contributed by atoms with Crippen molar-refractivity contribution in [3.63, 3.8) is 0 Å². The Kier molecular flexibility index (Phi) is 4.21. The summed E-state index contributed by atoms with van der Waals surface area (Å²) in [5, 5.41) is 0. The van der Waals surface area contributed by atoms with Crippen molar-refractivity contribution in [3.05, 3.63) is 24.2 Å². The zero-order valence-electron chi connectivity index (χ0n) is 10.9. The largest absolute Gasteiger partial charge is 0.472 e. The van der Waals surface area contributed by atoms with Crippen LogP contribution >= 0.6 is 12.2 Å². The minimum atomic E-state index is -0.758. The van der Waals surface area contributed by atoms with Gasteiger partial charge in [-0.3, -0.25) is 4.79 Å². The van der Waals surface area contributed by atoms with Gasteiger partial charge in [-0.25, -0.2) is 0 Å². The Balaban J connectivity index is 2.13. The Morgan fingerprint density at radius 2 is 2.21 bits per heavy atom. The Morgan fingerprint density at radius 3 is 2.74 bits per heavy atom. The van der Waals surface area contributed by atoms with E-state index in [4.69, 9.17) is 27.1 Å². The highest BCUT2D eigenvalue weighted by Crippen LogP contribution is 2.33. The predicted octanol–water partition coefficient (Wildman–Crippen LogP) is 1.32. The van der Waals surface area contributed by atoms with Crippen molar-refractivity contribution >= 4 is 23.1 Å². The summed E-state index contributed by atoms with van der Waals surface area (Å²) in [5.41, 5.74) is 6.01. The van der Waals surface area contributed by atoms with Gasteiger partial charge in [0.2, 0.25) is 5.91 Å². The first-order valence-corrected chi connectivity index (χ1v) is 6.61. The van der Waals surface area contributed by atoms with Gasteiger partial charge in [0, 0.05) is 32.4 Å². The summed E-state index contributed by atoms with van der Waals surface area (Å²) in [4.78, 5) is 14.6. The Labute approximate surface area is 117 Å². The molecule has 1 amide bonds. The molecule has 0 radical (unpaired) electrons. The van der Waals surface area contributed by atoms with Crippen LogP contribution in [0.3, 0.4) is 0 Å². The molecule has 2 heterocycles. The molecule has 0 bridgehead atoms. The number of rotatable bonds is 4. The van der Waals surface area contributed by atoms with E-state index in [0.717, 1.165) is 5.56 Å². The van der Waals surface area contributed by atoms with E-state index in [0.29, 0.717) is 32.6 Å². The molecule has 1 saturated heterocycles. The van der Waals surface area contributed by atoms with Crippen LogP contribution in [0.25, 0.3) is 0 Å². The van der Waals surface area contributed by atoms with Gasteiger partial charge in [0.15, 0.2) is 0 Å². The molecule has 1 aliphatic rings. The van der Waals surface area contributed by atoms with Crippen molar-refractivity contribution in [3.8, 4) is 0 Å². The highest BCUT2D eigenvalue weighted by molar-refractivity contribution is 7.80. The van der Waals surface area contributed by atoms with Crippen molar-refractivity contribution in [2.24, 2.45) is 11.1 Å². The summed E-state index contributed by atoms with van der Waals surface area (Å²) < 4.78 is 10.3. The van der Waals surface area contributed by atoms with Gasteiger partial charge in [-0.15, -0.1) is 0 Å². The van der Waals surface area contributed by atoms with Crippen LogP contribution in [0.4, 0.5) is 0 Å². The smallest absolute Gasteiger partial charge is 0.235 e. The van der Waals surface area contributed by atoms with Crippen LogP contribution in [0.1, 0.15) is 18.4 Å². The van der Waals surface area contributed by atoms with Gasteiger partial charge in [-0.1, -0.05) is 12.2 Å². The van der Waals surface area contributed by atoms with Crippen molar-refractivity contribution in [2.75, 3.05) is 20.3 Å². The molecule has 2 N–H and O–H groups in total. The molecule has 2 rings (SSSR count). The molecule has 104 valence electrons. The molecule has 6 heteroatoms. The lowest BCUT2D eigenvalue weighted by atomic mass is 9.78. The van der Waals surface area contributed by atoms with Gasteiger partial charge in [0.1, 0.15) is 5.41 Å². The predicted molar refractivity (Wildman–Crippen MR) is 74.5 cm³/mol. The average Bonchev–Trinajstić information content (AvgIpc) is 2.91. The molecule has 0 aliphatic carbocycles. The lowest BCUT2D eigenvalue weighted by Crippen LogP contribution is -2.52. The number of nitrogens with two attached hydrogens (primary N) is 1. The topological polar surface area (TPSA) is 68.7 Å². The summed E-state index contributed by atoms with van der Waals surface area (Å²) in [6, 6.07) is 1.83. The number of carbonyl (C=O) groups is 1. The van der Waals surface area contributed by atoms with Crippen molar-refractivity contribution in [1.29, 1.82) is 0 Å². The number of thiocarbonyl (C=S) groups is 1. The number of hydrogen-bond acceptors (Lipinski definition) is 4. The van der Waals surface area contributed by atoms with E-state index in [1.165, 1.54) is 0 Å². The second-order valence-corrected chi connectivity index (χ2v) is 5.29. The quantitative estimate of drug-likeness (QED) is 0.844. The number of carbonyl (C=O) groups excluding carboxylic acids is 1. The van der Waals surface area contributed by atoms with Gasteiger partial charge >= 0.3 is 0 Å². The summed E-state index contributed by atoms with van der Waals surface area (Å²) in [7, 11) is 1.75. The first kappa shape index (κ1) is 14.0. The highest BCUT2D eigenvalue weighted by Gasteiger charge is 2.44. The molecular formula is C13H18N2O3S. The maximum atomic E-state index is 12.7. The van der Waals surface area contributed by atoms with Gasteiger partial charge < -0.3 is 19.8 Å². The molecule has 19 heavy (non-hydrogen) atoms. The van der Waals surface area contributed by atoms with Crippen LogP contribution in [0.5, 0.6) is 0 Å². The maximum absolute atomic E-state index is 12.7. The molecule has 5 nitrogen and oxygen atoms in total. The molecule has 0 aromatic carbocycles. The van der Waals surface area contributed by atoms with E-state index in [9.17, 15) is 4.79 Å². The summed E-state index contributed by atoms with van der Waals surface area (Å²) in [5.74, 6) is -0.0375. The van der Waals surface area contributed by atoms with E-state index < -0.39 is 5.41 Å². The lowest BCUT2D eigenvalue weighted by molar-refractivity contribution is -0.141. The number of amides is 1. The van der Waals surface area contributed by atoms with Crippen LogP contribution < -0.4 is 5.73 Å². The van der Waals surface area contributed by atoms with E-state index in [1.807, 2.05) is 6.07 Å². The average molecular weight is 282 g/mol. The number of nitrogens with zero attached hydrogens (tertiary/aromatic N) is 1. The van der Waals surface area contributed by atoms with Crippen molar-refractivity contribution in [2.45, 2.75) is 19.4 Å². The van der Waals surface area contributed by atoms with Crippen LogP contribution in [0, 0.1) is 5.41 Å². The summed E-state index contributed by atoms with van der Waals surface area (Å²) >= 11 is 5.13. The van der Waals surface area contributed by atoms with Gasteiger partial charge in [-0.2, -0.15) is 0 Å². The fourth-order valence-electron chi connectivity index (χ4n) is 2.38. The van der Waals surface area contributed by atoms with Gasteiger partial charge in [0.25, 0.3) is 0 Å². The molecule has 1 aliphatic heterocycles. The number of hydrogen-bond donors (Lipinski definition) is 1. The zero-order valence-corrected chi connectivity index (χ0v) is 11.7. The normalized spacial score (nSPS) is 17.9. The number of ether oxygens (including phenoxy) is 1. The number of furan rings is 1. The molecule has 0 spiro atoms. The summed E-state index contributed by atoms with van der Waals surface area (Å²) in [6.07, 6.45) is 4.32. The van der Waals surface area contributed by atoms with E-state index >= 15 is 0 Å². The second-order valence-electron chi connectivity index (χ2n) is 4.85. The van der Waals surface area contributed by atoms with Crippen molar-refractivity contribution in [1.82, 2.24) is 4.90 Å². The van der Waals surface area contributed by atoms with Crippen LogP contribution in [-0.4, -0.2) is 36.1 Å². The summed E-state index contributed by atoms with van der Waals surface area (Å²) in [6.45, 7) is 1.52. The Bertz CT molecular complexity index is 452. The molecule has 1 aromatic heterocycles. The third kappa shape index (κ3) is 2.79. The van der Waals surface area contributed by atoms with Gasteiger partial charge in [0.05, 0.1) is 17.5 Å². The Hall–Kier alpha value is -1.40. The van der Waals surface area contributed by atoms with Crippen molar-refractivity contribution < 1.29 is 13.9 Å². The minimum absolute atomic E-state index is 0.0375. The molecule has 0 unspecified atom stereocenters. The van der Waals surface area contributed by atoms with E-state index in [1.54, 1.807) is 24.5 Å². The minimum Gasteiger partial charge on any atom is -0.472 e. The third-order valence-corrected chi connectivity index (χ3v) is 3.96. The van der Waals surface area contributed by atoms with Crippen LogP contribution in [0.2, 0.25) is 0 Å². The van der Waals surface area contributed by atoms with E-state index in [-0.39, 0.29) is 10.9 Å². The standard InChI is InChI=1S/C13H18N2O3S/c1-15(8-10-2-5-18-9-10)12(16)13(11(14)19)3-6-17-7-4-13/h2,5,9H,3-4,6-8H2,1H3,(H2,14,19). The Morgan fingerprint density at radius 1 is 1.53 bits per heavy atom. The fourth-order valence-corrected chi connectivity index (χ4v) is 2.67. The monoisotopic (exact) mass is 282 g/mol. The third-order valence-electron chi connectivity index (χ3n) is 3.57. The molecular weight excluding hydrogens is 264 g/mol. The fraction of sp³-hybridized carbons (Fsp3) is 0.538. The molecule has 1 aromatic rings. The van der Waals surface area contributed by atoms with Crippen LogP contribution in [-0.2, 0) is 16.1 Å². The van der Waals surface area contributed by atoms with Gasteiger partial charge in [-0.05, 0) is 18.9 Å². The zero-order chi connectivity index (χ0) is 13.9. The molecule has 0 atom stereocenters. The maximum Gasteiger partial charge on any atom is 0.235 e. The second kappa shape index (κ2) is 5.71. The first-order valence-electron chi connectivity index (χ1n) is 6.20. The van der Waals surface area contributed by atoms with E-state index in [2.05, 4.69) is 0 Å². The SMILES string of the molecule is CN(Cc1ccoc1)C(=O)C1(C(N)=S)CCOCC1.